The lowest BCUT2D eigenvalue weighted by Crippen LogP contribution is -2.61. The second kappa shape index (κ2) is 6.33. The van der Waals surface area contributed by atoms with Gasteiger partial charge < -0.3 is 39.4 Å². The molecule has 0 radical (unpaired) electrons. The van der Waals surface area contributed by atoms with Crippen LogP contribution in [0.2, 0.25) is 0 Å². The van der Waals surface area contributed by atoms with Gasteiger partial charge in [-0.1, -0.05) is 0 Å². The van der Waals surface area contributed by atoms with E-state index in [4.69, 9.17) is 19.0 Å². The van der Waals surface area contributed by atoms with E-state index < -0.39 is 48.1 Å². The number of phenolic OH excluding ortho intramolecular Hbond substituents is 1. The summed E-state index contributed by atoms with van der Waals surface area (Å²) in [6, 6.07) is 4.95. The fourth-order valence-corrected chi connectivity index (χ4v) is 2.45. The molecule has 134 valence electrons. The van der Waals surface area contributed by atoms with Crippen molar-refractivity contribution in [3.63, 3.8) is 0 Å². The van der Waals surface area contributed by atoms with Crippen molar-refractivity contribution in [1.82, 2.24) is 0 Å². The summed E-state index contributed by atoms with van der Waals surface area (Å²) in [6.07, 6.45) is -9.04. The Hall–Kier alpha value is -2.66. The number of aliphatic hydroxyl groups is 3. The summed E-state index contributed by atoms with van der Waals surface area (Å²) >= 11 is 0. The fraction of sp³-hybridized carbons (Fsp3) is 0.333. The maximum absolute atomic E-state index is 11.3. The summed E-state index contributed by atoms with van der Waals surface area (Å²) in [7, 11) is 0. The van der Waals surface area contributed by atoms with Gasteiger partial charge in [-0.25, -0.2) is 9.59 Å². The van der Waals surface area contributed by atoms with Crippen molar-refractivity contribution in [2.24, 2.45) is 0 Å². The number of ether oxygens (including phenoxy) is 2. The number of hydrogen-bond acceptors (Lipinski definition) is 9. The number of phenols is 1. The molecule has 1 saturated heterocycles. The second-order valence-corrected chi connectivity index (χ2v) is 5.47. The van der Waals surface area contributed by atoms with E-state index in [9.17, 15) is 30.0 Å². The van der Waals surface area contributed by atoms with Crippen molar-refractivity contribution in [2.75, 3.05) is 0 Å². The van der Waals surface area contributed by atoms with Crippen molar-refractivity contribution in [3.05, 3.63) is 34.7 Å². The molecule has 1 aliphatic heterocycles. The van der Waals surface area contributed by atoms with Crippen LogP contribution in [0.15, 0.2) is 33.5 Å². The Bertz CT molecular complexity index is 859. The standard InChI is InChI=1S/C15H14O10/c16-6-3-5-1-2-9(17)23-7(5)4-8(6)24-15-12(20)10(18)11(19)13(25-15)14(21)22/h1-4,10-13,15-16,18-20H,(H,21,22)/t10-,11-,12+,13-,15+/m0/s1. The van der Waals surface area contributed by atoms with E-state index in [1.54, 1.807) is 0 Å². The predicted molar refractivity (Wildman–Crippen MR) is 79.1 cm³/mol. The van der Waals surface area contributed by atoms with E-state index >= 15 is 0 Å². The molecule has 0 spiro atoms. The molecule has 1 aromatic heterocycles. The largest absolute Gasteiger partial charge is 0.504 e. The third kappa shape index (κ3) is 3.15. The molecule has 0 saturated carbocycles. The van der Waals surface area contributed by atoms with Crippen LogP contribution in [-0.4, -0.2) is 62.2 Å². The minimum absolute atomic E-state index is 0.0703. The minimum Gasteiger partial charge on any atom is -0.504 e. The molecule has 1 aliphatic rings. The molecule has 0 aliphatic carbocycles. The molecular weight excluding hydrogens is 340 g/mol. The van der Waals surface area contributed by atoms with Crippen molar-refractivity contribution >= 4 is 16.9 Å². The van der Waals surface area contributed by atoms with Crippen LogP contribution in [0.1, 0.15) is 0 Å². The molecule has 0 unspecified atom stereocenters. The van der Waals surface area contributed by atoms with Gasteiger partial charge in [0.2, 0.25) is 6.29 Å². The lowest BCUT2D eigenvalue weighted by molar-refractivity contribution is -0.271. The number of benzene rings is 1. The van der Waals surface area contributed by atoms with Gasteiger partial charge in [-0.15, -0.1) is 0 Å². The van der Waals surface area contributed by atoms with E-state index in [-0.39, 0.29) is 11.3 Å². The third-order valence-corrected chi connectivity index (χ3v) is 3.76. The van der Waals surface area contributed by atoms with Crippen LogP contribution in [-0.2, 0) is 9.53 Å². The Morgan fingerprint density at radius 2 is 1.80 bits per heavy atom. The third-order valence-electron chi connectivity index (χ3n) is 3.76. The molecule has 2 heterocycles. The summed E-state index contributed by atoms with van der Waals surface area (Å²) in [5.74, 6) is -2.25. The number of carboxylic acids is 1. The van der Waals surface area contributed by atoms with Gasteiger partial charge in [-0.05, 0) is 12.1 Å². The molecule has 25 heavy (non-hydrogen) atoms. The number of rotatable bonds is 3. The van der Waals surface area contributed by atoms with Gasteiger partial charge in [0.25, 0.3) is 0 Å². The Kier molecular flexibility index (Phi) is 4.35. The quantitative estimate of drug-likeness (QED) is 0.421. The molecular formula is C15H14O10. The van der Waals surface area contributed by atoms with Gasteiger partial charge in [0.1, 0.15) is 23.9 Å². The average Bonchev–Trinajstić information content (AvgIpc) is 2.56. The summed E-state index contributed by atoms with van der Waals surface area (Å²) in [5.41, 5.74) is -0.566. The highest BCUT2D eigenvalue weighted by atomic mass is 16.7. The number of hydrogen-bond donors (Lipinski definition) is 5. The Balaban J connectivity index is 1.92. The number of fused-ring (bicyclic) bond motifs is 1. The first-order chi connectivity index (χ1) is 11.8. The summed E-state index contributed by atoms with van der Waals surface area (Å²) in [4.78, 5) is 22.3. The molecule has 0 amide bonds. The van der Waals surface area contributed by atoms with E-state index in [0.717, 1.165) is 12.1 Å². The molecule has 1 aromatic carbocycles. The van der Waals surface area contributed by atoms with Crippen LogP contribution < -0.4 is 10.4 Å². The second-order valence-electron chi connectivity index (χ2n) is 5.47. The number of carbonyl (C=O) groups is 1. The smallest absolute Gasteiger partial charge is 0.336 e. The van der Waals surface area contributed by atoms with Gasteiger partial charge in [-0.3, -0.25) is 0 Å². The van der Waals surface area contributed by atoms with Gasteiger partial charge in [0, 0.05) is 17.5 Å². The van der Waals surface area contributed by atoms with Crippen LogP contribution in [0.25, 0.3) is 11.0 Å². The van der Waals surface area contributed by atoms with Gasteiger partial charge in [0.05, 0.1) is 0 Å². The molecule has 10 nitrogen and oxygen atoms in total. The Morgan fingerprint density at radius 1 is 1.08 bits per heavy atom. The number of aromatic hydroxyl groups is 1. The zero-order valence-electron chi connectivity index (χ0n) is 12.5. The zero-order chi connectivity index (χ0) is 18.3. The van der Waals surface area contributed by atoms with Gasteiger partial charge >= 0.3 is 11.6 Å². The van der Waals surface area contributed by atoms with Crippen molar-refractivity contribution in [2.45, 2.75) is 30.7 Å². The predicted octanol–water partition coefficient (Wildman–Crippen LogP) is -1.23. The highest BCUT2D eigenvalue weighted by Gasteiger charge is 2.48. The van der Waals surface area contributed by atoms with Crippen LogP contribution >= 0.6 is 0 Å². The van der Waals surface area contributed by atoms with Crippen LogP contribution in [0, 0.1) is 0 Å². The molecule has 3 rings (SSSR count). The maximum Gasteiger partial charge on any atom is 0.336 e. The van der Waals surface area contributed by atoms with Crippen molar-refractivity contribution in [1.29, 1.82) is 0 Å². The molecule has 2 aromatic rings. The first-order valence-electron chi connectivity index (χ1n) is 7.14. The van der Waals surface area contributed by atoms with Gasteiger partial charge in [0.15, 0.2) is 17.6 Å². The fourth-order valence-electron chi connectivity index (χ4n) is 2.45. The zero-order valence-corrected chi connectivity index (χ0v) is 12.5. The number of carboxylic acid groups (broad SMARTS) is 1. The maximum atomic E-state index is 11.3. The van der Waals surface area contributed by atoms with Crippen molar-refractivity contribution in [3.8, 4) is 11.5 Å². The molecule has 10 heteroatoms. The Labute approximate surface area is 139 Å². The monoisotopic (exact) mass is 354 g/mol. The SMILES string of the molecule is O=C(O)[C@H]1O[C@@H](Oc2cc3oc(=O)ccc3cc2O)[C@H](O)[C@@H](O)[C@@H]1O. The normalized spacial score (nSPS) is 29.5. The molecule has 1 fully saturated rings. The van der Waals surface area contributed by atoms with Crippen LogP contribution in [0.3, 0.4) is 0 Å². The summed E-state index contributed by atoms with van der Waals surface area (Å²) < 4.78 is 15.1. The van der Waals surface area contributed by atoms with Gasteiger partial charge in [-0.2, -0.15) is 0 Å². The van der Waals surface area contributed by atoms with Crippen molar-refractivity contribution < 1.29 is 44.2 Å². The van der Waals surface area contributed by atoms with Crippen LogP contribution in [0.5, 0.6) is 11.5 Å². The lowest BCUT2D eigenvalue weighted by atomic mass is 9.99. The van der Waals surface area contributed by atoms with E-state index in [1.807, 2.05) is 0 Å². The molecule has 0 bridgehead atoms. The Morgan fingerprint density at radius 3 is 2.48 bits per heavy atom. The summed E-state index contributed by atoms with van der Waals surface area (Å²) in [5, 5.41) is 48.6. The average molecular weight is 354 g/mol. The van der Waals surface area contributed by atoms with E-state index in [2.05, 4.69) is 0 Å². The number of aliphatic carboxylic acids is 1. The van der Waals surface area contributed by atoms with Crippen LogP contribution in [0.4, 0.5) is 0 Å². The highest BCUT2D eigenvalue weighted by Crippen LogP contribution is 2.33. The molecule has 5 N–H and O–H groups in total. The minimum atomic E-state index is -1.87. The summed E-state index contributed by atoms with van der Waals surface area (Å²) in [6.45, 7) is 0. The topological polar surface area (TPSA) is 167 Å². The molecule has 5 atom stereocenters. The number of aliphatic hydroxyl groups excluding tert-OH is 3. The first-order valence-corrected chi connectivity index (χ1v) is 7.14. The first kappa shape index (κ1) is 17.2. The lowest BCUT2D eigenvalue weighted by Gasteiger charge is -2.38. The highest BCUT2D eigenvalue weighted by molar-refractivity contribution is 5.80. The van der Waals surface area contributed by atoms with E-state index in [1.165, 1.54) is 12.1 Å². The van der Waals surface area contributed by atoms with E-state index in [0.29, 0.717) is 5.39 Å².